The van der Waals surface area contributed by atoms with E-state index in [0.717, 1.165) is 6.26 Å². The Balaban J connectivity index is 2.15. The molecule has 8 heteroatoms. The van der Waals surface area contributed by atoms with Gasteiger partial charge < -0.3 is 15.8 Å². The van der Waals surface area contributed by atoms with E-state index in [2.05, 4.69) is 10.0 Å². The molecular weight excluding hydrogens is 282 g/mol. The van der Waals surface area contributed by atoms with Gasteiger partial charge in [-0.15, -0.1) is 0 Å². The molecule has 1 aliphatic rings. The number of para-hydroxylation sites is 2. The first kappa shape index (κ1) is 14.8. The molecule has 1 saturated heterocycles. The van der Waals surface area contributed by atoms with Gasteiger partial charge in [0.2, 0.25) is 15.9 Å². The number of rotatable bonds is 4. The Morgan fingerprint density at radius 2 is 1.95 bits per heavy atom. The van der Waals surface area contributed by atoms with Crippen LogP contribution in [0.1, 0.15) is 0 Å². The zero-order valence-electron chi connectivity index (χ0n) is 11.0. The van der Waals surface area contributed by atoms with Gasteiger partial charge in [0, 0.05) is 6.04 Å². The van der Waals surface area contributed by atoms with Crippen LogP contribution in [0.4, 0.5) is 11.4 Å². The lowest BCUT2D eigenvalue weighted by atomic mass is 10.0. The van der Waals surface area contributed by atoms with E-state index >= 15 is 0 Å². The van der Waals surface area contributed by atoms with E-state index in [1.165, 1.54) is 0 Å². The highest BCUT2D eigenvalue weighted by Gasteiger charge is 2.31. The highest BCUT2D eigenvalue weighted by atomic mass is 32.2. The summed E-state index contributed by atoms with van der Waals surface area (Å²) in [6, 6.07) is 6.22. The van der Waals surface area contributed by atoms with Crippen LogP contribution in [0, 0.1) is 5.92 Å². The lowest BCUT2D eigenvalue weighted by Crippen LogP contribution is -2.37. The van der Waals surface area contributed by atoms with Gasteiger partial charge >= 0.3 is 0 Å². The number of carbonyl (C=O) groups is 1. The fourth-order valence-electron chi connectivity index (χ4n) is 1.95. The zero-order valence-corrected chi connectivity index (χ0v) is 11.8. The van der Waals surface area contributed by atoms with Crippen LogP contribution < -0.4 is 15.8 Å². The molecule has 1 heterocycles. The lowest BCUT2D eigenvalue weighted by Gasteiger charge is -2.16. The molecule has 0 radical (unpaired) electrons. The Labute approximate surface area is 117 Å². The summed E-state index contributed by atoms with van der Waals surface area (Å²) in [5, 5.41) is 2.68. The van der Waals surface area contributed by atoms with Crippen LogP contribution >= 0.6 is 0 Å². The van der Waals surface area contributed by atoms with Crippen molar-refractivity contribution in [3.63, 3.8) is 0 Å². The average Bonchev–Trinajstić information content (AvgIpc) is 2.76. The Kier molecular flexibility index (Phi) is 4.26. The Bertz CT molecular complexity index is 602. The second kappa shape index (κ2) is 5.78. The van der Waals surface area contributed by atoms with Crippen molar-refractivity contribution in [3.8, 4) is 0 Å². The first-order valence-corrected chi connectivity index (χ1v) is 7.97. The molecule has 0 spiro atoms. The number of carbonyl (C=O) groups excluding carboxylic acids is 1. The lowest BCUT2D eigenvalue weighted by molar-refractivity contribution is -0.120. The van der Waals surface area contributed by atoms with Crippen molar-refractivity contribution < 1.29 is 17.9 Å². The van der Waals surface area contributed by atoms with Gasteiger partial charge in [0.1, 0.15) is 0 Å². The van der Waals surface area contributed by atoms with Gasteiger partial charge in [-0.05, 0) is 12.1 Å². The van der Waals surface area contributed by atoms with Crippen molar-refractivity contribution in [2.45, 2.75) is 6.04 Å². The molecule has 2 rings (SSSR count). The minimum absolute atomic E-state index is 0.272. The third-order valence-electron chi connectivity index (χ3n) is 2.94. The molecule has 0 aromatic heterocycles. The summed E-state index contributed by atoms with van der Waals surface area (Å²) in [5.74, 6) is -0.709. The topological polar surface area (TPSA) is 111 Å². The SMILES string of the molecule is CS(=O)(=O)Nc1ccccc1NC(=O)C1COCC1N. The van der Waals surface area contributed by atoms with E-state index < -0.39 is 15.9 Å². The second-order valence-corrected chi connectivity index (χ2v) is 6.47. The summed E-state index contributed by atoms with van der Waals surface area (Å²) < 4.78 is 30.1. The maximum absolute atomic E-state index is 12.1. The van der Waals surface area contributed by atoms with Crippen molar-refractivity contribution in [2.75, 3.05) is 29.5 Å². The summed E-state index contributed by atoms with van der Waals surface area (Å²) in [4.78, 5) is 12.1. The number of nitrogens with one attached hydrogen (secondary N) is 2. The minimum Gasteiger partial charge on any atom is -0.379 e. The molecule has 1 aromatic rings. The van der Waals surface area contributed by atoms with Gasteiger partial charge in [-0.1, -0.05) is 12.1 Å². The van der Waals surface area contributed by atoms with Crippen LogP contribution in [0.5, 0.6) is 0 Å². The van der Waals surface area contributed by atoms with Crippen molar-refractivity contribution in [3.05, 3.63) is 24.3 Å². The van der Waals surface area contributed by atoms with E-state index in [-0.39, 0.29) is 18.6 Å². The molecule has 1 aromatic carbocycles. The second-order valence-electron chi connectivity index (χ2n) is 4.72. The molecule has 2 unspecified atom stereocenters. The van der Waals surface area contributed by atoms with Crippen molar-refractivity contribution in [2.24, 2.45) is 11.7 Å². The molecule has 1 fully saturated rings. The number of hydrogen-bond donors (Lipinski definition) is 3. The molecule has 7 nitrogen and oxygen atoms in total. The van der Waals surface area contributed by atoms with Crippen molar-refractivity contribution in [1.29, 1.82) is 0 Å². The van der Waals surface area contributed by atoms with Crippen LogP contribution in [0.15, 0.2) is 24.3 Å². The summed E-state index contributed by atoms with van der Waals surface area (Å²) in [6.45, 7) is 0.621. The third kappa shape index (κ3) is 3.69. The highest BCUT2D eigenvalue weighted by molar-refractivity contribution is 7.92. The van der Waals surface area contributed by atoms with Gasteiger partial charge in [0.15, 0.2) is 0 Å². The maximum Gasteiger partial charge on any atom is 0.231 e. The zero-order chi connectivity index (χ0) is 14.8. The largest absolute Gasteiger partial charge is 0.379 e. The highest BCUT2D eigenvalue weighted by Crippen LogP contribution is 2.23. The van der Waals surface area contributed by atoms with E-state index in [1.54, 1.807) is 24.3 Å². The number of anilines is 2. The summed E-state index contributed by atoms with van der Waals surface area (Å²) in [5.41, 5.74) is 6.48. The van der Waals surface area contributed by atoms with Gasteiger partial charge in [-0.3, -0.25) is 9.52 Å². The molecule has 20 heavy (non-hydrogen) atoms. The molecule has 0 bridgehead atoms. The first-order chi connectivity index (χ1) is 9.37. The summed E-state index contributed by atoms with van der Waals surface area (Å²) in [7, 11) is -3.42. The van der Waals surface area contributed by atoms with E-state index in [9.17, 15) is 13.2 Å². The predicted molar refractivity (Wildman–Crippen MR) is 75.8 cm³/mol. The van der Waals surface area contributed by atoms with Gasteiger partial charge in [0.25, 0.3) is 0 Å². The Morgan fingerprint density at radius 3 is 2.50 bits per heavy atom. The standard InChI is InChI=1S/C12H17N3O4S/c1-20(17,18)15-11-5-3-2-4-10(11)14-12(16)8-6-19-7-9(8)13/h2-5,8-9,15H,6-7,13H2,1H3,(H,14,16). The number of nitrogens with two attached hydrogens (primary N) is 1. The van der Waals surface area contributed by atoms with E-state index in [0.29, 0.717) is 18.0 Å². The van der Waals surface area contributed by atoms with Gasteiger partial charge in [-0.25, -0.2) is 8.42 Å². The minimum atomic E-state index is -3.42. The number of sulfonamides is 1. The van der Waals surface area contributed by atoms with Gasteiger partial charge in [-0.2, -0.15) is 0 Å². The Morgan fingerprint density at radius 1 is 1.30 bits per heavy atom. The van der Waals surface area contributed by atoms with Crippen LogP contribution in [0.25, 0.3) is 0 Å². The van der Waals surface area contributed by atoms with E-state index in [4.69, 9.17) is 10.5 Å². The number of amides is 1. The fraction of sp³-hybridized carbons (Fsp3) is 0.417. The fourth-order valence-corrected chi connectivity index (χ4v) is 2.52. The van der Waals surface area contributed by atoms with Crippen LogP contribution in [0.3, 0.4) is 0 Å². The molecular formula is C12H17N3O4S. The number of hydrogen-bond acceptors (Lipinski definition) is 5. The first-order valence-electron chi connectivity index (χ1n) is 6.08. The van der Waals surface area contributed by atoms with Crippen molar-refractivity contribution >= 4 is 27.3 Å². The monoisotopic (exact) mass is 299 g/mol. The molecule has 2 atom stereocenters. The quantitative estimate of drug-likeness (QED) is 0.723. The molecule has 110 valence electrons. The van der Waals surface area contributed by atoms with Crippen molar-refractivity contribution in [1.82, 2.24) is 0 Å². The van der Waals surface area contributed by atoms with E-state index in [1.807, 2.05) is 0 Å². The van der Waals surface area contributed by atoms with Crippen LogP contribution in [0.2, 0.25) is 0 Å². The molecule has 4 N–H and O–H groups in total. The summed E-state index contributed by atoms with van der Waals surface area (Å²) >= 11 is 0. The maximum atomic E-state index is 12.1. The molecule has 1 amide bonds. The Hall–Kier alpha value is -1.64. The third-order valence-corrected chi connectivity index (χ3v) is 3.53. The van der Waals surface area contributed by atoms with Crippen LogP contribution in [-0.2, 0) is 19.6 Å². The predicted octanol–water partition coefficient (Wildman–Crippen LogP) is -0.0297. The number of ether oxygens (including phenoxy) is 1. The normalized spacial score (nSPS) is 22.5. The molecule has 0 saturated carbocycles. The molecule has 1 aliphatic heterocycles. The smallest absolute Gasteiger partial charge is 0.231 e. The van der Waals surface area contributed by atoms with Crippen LogP contribution in [-0.4, -0.2) is 39.8 Å². The average molecular weight is 299 g/mol. The van der Waals surface area contributed by atoms with Gasteiger partial charge in [0.05, 0.1) is 36.8 Å². The summed E-state index contributed by atoms with van der Waals surface area (Å²) in [6.07, 6.45) is 1.05. The number of benzene rings is 1. The molecule has 0 aliphatic carbocycles.